The first-order valence-corrected chi connectivity index (χ1v) is 5.75. The lowest BCUT2D eigenvalue weighted by atomic mass is 9.89. The van der Waals surface area contributed by atoms with Gasteiger partial charge in [-0.3, -0.25) is 0 Å². The van der Waals surface area contributed by atoms with Crippen LogP contribution < -0.4 is 0 Å². The summed E-state index contributed by atoms with van der Waals surface area (Å²) in [6.07, 6.45) is 0.194. The van der Waals surface area contributed by atoms with E-state index in [1.807, 2.05) is 32.0 Å². The molecule has 0 aliphatic carbocycles. The maximum atomic E-state index is 10.3. The number of hydrogen-bond donors (Lipinski definition) is 1. The summed E-state index contributed by atoms with van der Waals surface area (Å²) < 4.78 is 5.42. The number of benzene rings is 1. The fraction of sp³-hybridized carbons (Fsp3) is 0.571. The fourth-order valence-corrected chi connectivity index (χ4v) is 1.74. The van der Waals surface area contributed by atoms with Crippen LogP contribution in [0.4, 0.5) is 0 Å². The first-order chi connectivity index (χ1) is 7.44. The third-order valence-electron chi connectivity index (χ3n) is 3.59. The predicted octanol–water partition coefficient (Wildman–Crippen LogP) is 3.15. The lowest BCUT2D eigenvalue weighted by Gasteiger charge is -2.32. The predicted molar refractivity (Wildman–Crippen MR) is 66.6 cm³/mol. The van der Waals surface area contributed by atoms with Gasteiger partial charge in [-0.05, 0) is 43.9 Å². The lowest BCUT2D eigenvalue weighted by Crippen LogP contribution is -2.34. The van der Waals surface area contributed by atoms with Gasteiger partial charge in [0.05, 0.1) is 5.60 Å². The molecule has 16 heavy (non-hydrogen) atoms. The molecule has 1 rings (SSSR count). The van der Waals surface area contributed by atoms with Crippen LogP contribution in [-0.4, -0.2) is 17.8 Å². The van der Waals surface area contributed by atoms with Crippen LogP contribution in [-0.2, 0) is 4.74 Å². The molecule has 1 aromatic rings. The molecule has 0 fully saturated rings. The third kappa shape index (κ3) is 2.45. The summed E-state index contributed by atoms with van der Waals surface area (Å²) in [7, 11) is 1.65. The van der Waals surface area contributed by atoms with E-state index in [4.69, 9.17) is 4.74 Å². The van der Waals surface area contributed by atoms with Crippen LogP contribution in [0.1, 0.15) is 43.1 Å². The first-order valence-electron chi connectivity index (χ1n) is 5.75. The number of aliphatic hydroxyl groups is 1. The lowest BCUT2D eigenvalue weighted by molar-refractivity contribution is -0.0944. The minimum Gasteiger partial charge on any atom is -0.385 e. The van der Waals surface area contributed by atoms with E-state index < -0.39 is 11.7 Å². The summed E-state index contributed by atoms with van der Waals surface area (Å²) in [5.74, 6) is 0. The van der Waals surface area contributed by atoms with E-state index in [1.165, 1.54) is 11.1 Å². The molecule has 0 aromatic heterocycles. The normalized spacial score (nSPS) is 16.9. The molecule has 1 N–H and O–H groups in total. The summed E-state index contributed by atoms with van der Waals surface area (Å²) in [5, 5.41) is 10.3. The van der Waals surface area contributed by atoms with Crippen molar-refractivity contribution in [2.45, 2.75) is 45.8 Å². The highest BCUT2D eigenvalue weighted by Crippen LogP contribution is 2.32. The molecule has 2 unspecified atom stereocenters. The highest BCUT2D eigenvalue weighted by Gasteiger charge is 2.32. The molecular formula is C14H22O2. The molecule has 0 heterocycles. The molecule has 90 valence electrons. The van der Waals surface area contributed by atoms with Gasteiger partial charge in [0, 0.05) is 7.11 Å². The van der Waals surface area contributed by atoms with Crippen molar-refractivity contribution in [3.05, 3.63) is 34.9 Å². The van der Waals surface area contributed by atoms with Gasteiger partial charge < -0.3 is 9.84 Å². The van der Waals surface area contributed by atoms with Crippen LogP contribution in [0.2, 0.25) is 0 Å². The number of aliphatic hydroxyl groups excluding tert-OH is 1. The van der Waals surface area contributed by atoms with Crippen LogP contribution in [0, 0.1) is 13.8 Å². The van der Waals surface area contributed by atoms with Crippen molar-refractivity contribution in [1.29, 1.82) is 0 Å². The van der Waals surface area contributed by atoms with E-state index in [1.54, 1.807) is 7.11 Å². The highest BCUT2D eigenvalue weighted by molar-refractivity contribution is 5.32. The van der Waals surface area contributed by atoms with Crippen molar-refractivity contribution in [3.8, 4) is 0 Å². The van der Waals surface area contributed by atoms with Crippen LogP contribution in [0.5, 0.6) is 0 Å². The zero-order valence-corrected chi connectivity index (χ0v) is 10.9. The molecule has 0 aliphatic rings. The minimum atomic E-state index is -0.582. The Morgan fingerprint density at radius 3 is 2.38 bits per heavy atom. The summed E-state index contributed by atoms with van der Waals surface area (Å²) >= 11 is 0. The molecule has 0 radical (unpaired) electrons. The summed E-state index contributed by atoms with van der Waals surface area (Å²) in [4.78, 5) is 0. The van der Waals surface area contributed by atoms with Crippen molar-refractivity contribution >= 4 is 0 Å². The van der Waals surface area contributed by atoms with Crippen molar-refractivity contribution in [2.24, 2.45) is 0 Å². The monoisotopic (exact) mass is 222 g/mol. The molecule has 0 spiro atoms. The average Bonchev–Trinajstić information content (AvgIpc) is 2.30. The maximum Gasteiger partial charge on any atom is 0.108 e. The standard InChI is InChI=1S/C14H22O2/c1-6-14(4,16-5)13(15)12-8-7-10(2)11(3)9-12/h7-9,13,15H,6H2,1-5H3. The maximum absolute atomic E-state index is 10.3. The molecule has 0 saturated carbocycles. The molecule has 1 aromatic carbocycles. The van der Waals surface area contributed by atoms with Gasteiger partial charge in [0.1, 0.15) is 6.10 Å². The van der Waals surface area contributed by atoms with Crippen LogP contribution >= 0.6 is 0 Å². The summed E-state index contributed by atoms with van der Waals surface area (Å²) in [5.41, 5.74) is 2.86. The second-order valence-corrected chi connectivity index (χ2v) is 4.62. The number of aryl methyl sites for hydroxylation is 2. The van der Waals surface area contributed by atoms with E-state index in [0.717, 1.165) is 12.0 Å². The molecule has 0 bridgehead atoms. The van der Waals surface area contributed by atoms with Gasteiger partial charge in [0.15, 0.2) is 0 Å². The minimum absolute atomic E-state index is 0.512. The zero-order chi connectivity index (χ0) is 12.3. The Kier molecular flexibility index (Phi) is 4.11. The van der Waals surface area contributed by atoms with Crippen LogP contribution in [0.15, 0.2) is 18.2 Å². The van der Waals surface area contributed by atoms with E-state index >= 15 is 0 Å². The number of rotatable bonds is 4. The second kappa shape index (κ2) is 4.98. The average molecular weight is 222 g/mol. The van der Waals surface area contributed by atoms with E-state index in [2.05, 4.69) is 13.8 Å². The number of hydrogen-bond acceptors (Lipinski definition) is 2. The van der Waals surface area contributed by atoms with Gasteiger partial charge in [-0.2, -0.15) is 0 Å². The molecule has 0 amide bonds. The first kappa shape index (κ1) is 13.2. The van der Waals surface area contributed by atoms with Crippen LogP contribution in [0.3, 0.4) is 0 Å². The van der Waals surface area contributed by atoms with E-state index in [-0.39, 0.29) is 0 Å². The van der Waals surface area contributed by atoms with Crippen LogP contribution in [0.25, 0.3) is 0 Å². The Balaban J connectivity index is 3.04. The third-order valence-corrected chi connectivity index (χ3v) is 3.59. The fourth-order valence-electron chi connectivity index (χ4n) is 1.74. The SMILES string of the molecule is CCC(C)(OC)C(O)c1ccc(C)c(C)c1. The molecule has 2 atom stereocenters. The Hall–Kier alpha value is -0.860. The number of ether oxygens (including phenoxy) is 1. The van der Waals surface area contributed by atoms with Crippen molar-refractivity contribution in [3.63, 3.8) is 0 Å². The van der Waals surface area contributed by atoms with Gasteiger partial charge in [0.2, 0.25) is 0 Å². The van der Waals surface area contributed by atoms with Gasteiger partial charge >= 0.3 is 0 Å². The van der Waals surface area contributed by atoms with Crippen molar-refractivity contribution in [1.82, 2.24) is 0 Å². The molecule has 2 heteroatoms. The van der Waals surface area contributed by atoms with Gasteiger partial charge in [0.25, 0.3) is 0 Å². The molecule has 0 saturated heterocycles. The Morgan fingerprint density at radius 2 is 1.94 bits per heavy atom. The second-order valence-electron chi connectivity index (χ2n) is 4.62. The Labute approximate surface area is 98.3 Å². The molecule has 0 aliphatic heterocycles. The summed E-state index contributed by atoms with van der Waals surface area (Å²) in [6.45, 7) is 8.09. The molecular weight excluding hydrogens is 200 g/mol. The highest BCUT2D eigenvalue weighted by atomic mass is 16.5. The molecule has 2 nitrogen and oxygen atoms in total. The zero-order valence-electron chi connectivity index (χ0n) is 10.9. The van der Waals surface area contributed by atoms with Crippen molar-refractivity contribution < 1.29 is 9.84 Å². The number of methoxy groups -OCH3 is 1. The largest absolute Gasteiger partial charge is 0.385 e. The van der Waals surface area contributed by atoms with E-state index in [0.29, 0.717) is 0 Å². The van der Waals surface area contributed by atoms with Crippen molar-refractivity contribution in [2.75, 3.05) is 7.11 Å². The van der Waals surface area contributed by atoms with Gasteiger partial charge in [-0.1, -0.05) is 25.1 Å². The summed E-state index contributed by atoms with van der Waals surface area (Å²) in [6, 6.07) is 6.05. The van der Waals surface area contributed by atoms with Gasteiger partial charge in [-0.25, -0.2) is 0 Å². The Morgan fingerprint density at radius 1 is 1.31 bits per heavy atom. The Bertz CT molecular complexity index is 354. The van der Waals surface area contributed by atoms with E-state index in [9.17, 15) is 5.11 Å². The smallest absolute Gasteiger partial charge is 0.108 e. The topological polar surface area (TPSA) is 29.5 Å². The quantitative estimate of drug-likeness (QED) is 0.848. The van der Waals surface area contributed by atoms with Gasteiger partial charge in [-0.15, -0.1) is 0 Å².